The normalized spacial score (nSPS) is 10.6. The molecule has 1 aromatic rings. The molecule has 4 nitrogen and oxygen atoms in total. The van der Waals surface area contributed by atoms with E-state index in [1.54, 1.807) is 0 Å². The molecule has 0 aliphatic heterocycles. The van der Waals surface area contributed by atoms with Gasteiger partial charge < -0.3 is 5.32 Å². The molecule has 1 N–H and O–H groups in total. The Balaban J connectivity index is 2.40. The van der Waals surface area contributed by atoms with E-state index in [4.69, 9.17) is 0 Å². The first kappa shape index (κ1) is 10.2. The van der Waals surface area contributed by atoms with Crippen LogP contribution in [0.4, 0.5) is 0 Å². The molecule has 0 radical (unpaired) electrons. The Labute approximate surface area is 79.3 Å². The van der Waals surface area contributed by atoms with Crippen LogP contribution in [0.1, 0.15) is 25.5 Å². The first-order valence-corrected chi connectivity index (χ1v) is 4.90. The van der Waals surface area contributed by atoms with Crippen molar-refractivity contribution in [3.05, 3.63) is 11.9 Å². The van der Waals surface area contributed by atoms with Gasteiger partial charge in [0.1, 0.15) is 0 Å². The molecule has 0 aliphatic rings. The van der Waals surface area contributed by atoms with E-state index in [9.17, 15) is 0 Å². The fourth-order valence-electron chi connectivity index (χ4n) is 1.32. The fourth-order valence-corrected chi connectivity index (χ4v) is 1.32. The molecule has 1 aromatic heterocycles. The van der Waals surface area contributed by atoms with Gasteiger partial charge in [-0.1, -0.05) is 12.1 Å². The second-order valence-corrected chi connectivity index (χ2v) is 3.16. The Kier molecular flexibility index (Phi) is 4.46. The van der Waals surface area contributed by atoms with Gasteiger partial charge in [-0.3, -0.25) is 0 Å². The Bertz CT molecular complexity index is 231. The monoisotopic (exact) mass is 182 g/mol. The van der Waals surface area contributed by atoms with Crippen molar-refractivity contribution in [2.24, 2.45) is 0 Å². The molecule has 1 rings (SSSR count). The van der Waals surface area contributed by atoms with Crippen molar-refractivity contribution in [1.82, 2.24) is 20.3 Å². The van der Waals surface area contributed by atoms with Crippen LogP contribution in [0.5, 0.6) is 0 Å². The summed E-state index contributed by atoms with van der Waals surface area (Å²) in [6.07, 6.45) is 5.19. The number of rotatable bonds is 6. The largest absolute Gasteiger partial charge is 0.320 e. The van der Waals surface area contributed by atoms with Gasteiger partial charge in [0.25, 0.3) is 0 Å². The van der Waals surface area contributed by atoms with Gasteiger partial charge in [-0.2, -0.15) is 0 Å². The standard InChI is InChI=1S/C9H18N4/c1-3-7-13-9(8-11-12-13)5-4-6-10-2/h8,10H,3-7H2,1-2H3. The van der Waals surface area contributed by atoms with E-state index >= 15 is 0 Å². The molecular formula is C9H18N4. The molecule has 0 unspecified atom stereocenters. The second kappa shape index (κ2) is 5.70. The molecule has 0 aromatic carbocycles. The molecule has 13 heavy (non-hydrogen) atoms. The zero-order valence-electron chi connectivity index (χ0n) is 8.45. The van der Waals surface area contributed by atoms with Gasteiger partial charge in [0.2, 0.25) is 0 Å². The van der Waals surface area contributed by atoms with E-state index in [0.717, 1.165) is 32.4 Å². The molecule has 0 saturated carbocycles. The van der Waals surface area contributed by atoms with E-state index in [1.165, 1.54) is 5.69 Å². The van der Waals surface area contributed by atoms with Crippen molar-refractivity contribution < 1.29 is 0 Å². The third-order valence-electron chi connectivity index (χ3n) is 1.99. The van der Waals surface area contributed by atoms with Crippen molar-refractivity contribution in [3.63, 3.8) is 0 Å². The summed E-state index contributed by atoms with van der Waals surface area (Å²) in [5, 5.41) is 11.1. The van der Waals surface area contributed by atoms with Crippen LogP contribution in [-0.4, -0.2) is 28.6 Å². The molecule has 0 fully saturated rings. The third-order valence-corrected chi connectivity index (χ3v) is 1.99. The summed E-state index contributed by atoms with van der Waals surface area (Å²) in [5.41, 5.74) is 1.25. The van der Waals surface area contributed by atoms with Crippen LogP contribution in [0.3, 0.4) is 0 Å². The number of nitrogens with one attached hydrogen (secondary N) is 1. The Morgan fingerprint density at radius 2 is 2.38 bits per heavy atom. The van der Waals surface area contributed by atoms with E-state index in [2.05, 4.69) is 22.6 Å². The molecule has 4 heteroatoms. The average molecular weight is 182 g/mol. The first-order valence-electron chi connectivity index (χ1n) is 4.90. The summed E-state index contributed by atoms with van der Waals surface area (Å²) in [6, 6.07) is 0. The highest BCUT2D eigenvalue weighted by Gasteiger charge is 2.01. The van der Waals surface area contributed by atoms with E-state index in [1.807, 2.05) is 17.9 Å². The lowest BCUT2D eigenvalue weighted by molar-refractivity contribution is 0.547. The summed E-state index contributed by atoms with van der Waals surface area (Å²) in [6.45, 7) is 4.19. The highest BCUT2D eigenvalue weighted by molar-refractivity contribution is 4.93. The molecule has 1 heterocycles. The molecular weight excluding hydrogens is 164 g/mol. The number of aromatic nitrogens is 3. The summed E-state index contributed by atoms with van der Waals surface area (Å²) in [5.74, 6) is 0. The number of hydrogen-bond acceptors (Lipinski definition) is 3. The third kappa shape index (κ3) is 3.14. The second-order valence-electron chi connectivity index (χ2n) is 3.16. The summed E-state index contributed by atoms with van der Waals surface area (Å²) in [7, 11) is 1.97. The van der Waals surface area contributed by atoms with Crippen LogP contribution < -0.4 is 5.32 Å². The SMILES string of the molecule is CCCn1nncc1CCCNC. The molecule has 0 bridgehead atoms. The number of aryl methyl sites for hydroxylation is 2. The predicted octanol–water partition coefficient (Wildman–Crippen LogP) is 0.840. The van der Waals surface area contributed by atoms with E-state index in [0.29, 0.717) is 0 Å². The van der Waals surface area contributed by atoms with Crippen LogP contribution in [-0.2, 0) is 13.0 Å². The van der Waals surface area contributed by atoms with Crippen LogP contribution in [0.2, 0.25) is 0 Å². The number of nitrogens with zero attached hydrogens (tertiary/aromatic N) is 3. The quantitative estimate of drug-likeness (QED) is 0.663. The van der Waals surface area contributed by atoms with Crippen molar-refractivity contribution in [2.75, 3.05) is 13.6 Å². The van der Waals surface area contributed by atoms with Crippen LogP contribution >= 0.6 is 0 Å². The zero-order valence-corrected chi connectivity index (χ0v) is 8.45. The highest BCUT2D eigenvalue weighted by atomic mass is 15.4. The van der Waals surface area contributed by atoms with Gasteiger partial charge in [-0.25, -0.2) is 4.68 Å². The number of hydrogen-bond donors (Lipinski definition) is 1. The molecule has 0 aliphatic carbocycles. The van der Waals surface area contributed by atoms with Gasteiger partial charge in [0.05, 0.1) is 11.9 Å². The summed E-state index contributed by atoms with van der Waals surface area (Å²) in [4.78, 5) is 0. The maximum atomic E-state index is 4.03. The van der Waals surface area contributed by atoms with Gasteiger partial charge in [-0.05, 0) is 32.9 Å². The predicted molar refractivity (Wildman–Crippen MR) is 52.6 cm³/mol. The molecule has 0 atom stereocenters. The molecule has 0 spiro atoms. The van der Waals surface area contributed by atoms with E-state index in [-0.39, 0.29) is 0 Å². The van der Waals surface area contributed by atoms with Crippen molar-refractivity contribution >= 4 is 0 Å². The molecule has 0 amide bonds. The summed E-state index contributed by atoms with van der Waals surface area (Å²) >= 11 is 0. The van der Waals surface area contributed by atoms with Crippen molar-refractivity contribution in [3.8, 4) is 0 Å². The minimum atomic E-state index is 0.981. The Morgan fingerprint density at radius 3 is 3.08 bits per heavy atom. The fraction of sp³-hybridized carbons (Fsp3) is 0.778. The van der Waals surface area contributed by atoms with Gasteiger partial charge in [0, 0.05) is 6.54 Å². The van der Waals surface area contributed by atoms with Crippen LogP contribution in [0.25, 0.3) is 0 Å². The van der Waals surface area contributed by atoms with Gasteiger partial charge >= 0.3 is 0 Å². The first-order chi connectivity index (χ1) is 6.38. The maximum absolute atomic E-state index is 4.03. The smallest absolute Gasteiger partial charge is 0.0725 e. The molecule has 74 valence electrons. The minimum Gasteiger partial charge on any atom is -0.320 e. The lowest BCUT2D eigenvalue weighted by atomic mass is 10.2. The van der Waals surface area contributed by atoms with Crippen molar-refractivity contribution in [2.45, 2.75) is 32.7 Å². The van der Waals surface area contributed by atoms with Gasteiger partial charge in [-0.15, -0.1) is 5.10 Å². The topological polar surface area (TPSA) is 42.7 Å². The van der Waals surface area contributed by atoms with E-state index < -0.39 is 0 Å². The Morgan fingerprint density at radius 1 is 1.54 bits per heavy atom. The van der Waals surface area contributed by atoms with Crippen molar-refractivity contribution in [1.29, 1.82) is 0 Å². The van der Waals surface area contributed by atoms with Crippen LogP contribution in [0.15, 0.2) is 6.20 Å². The van der Waals surface area contributed by atoms with Gasteiger partial charge in [0.15, 0.2) is 0 Å². The minimum absolute atomic E-state index is 0.981. The zero-order chi connectivity index (χ0) is 9.52. The maximum Gasteiger partial charge on any atom is 0.0725 e. The summed E-state index contributed by atoms with van der Waals surface area (Å²) < 4.78 is 2.00. The highest BCUT2D eigenvalue weighted by Crippen LogP contribution is 2.01. The lowest BCUT2D eigenvalue weighted by Crippen LogP contribution is -2.10. The Hall–Kier alpha value is -0.900. The lowest BCUT2D eigenvalue weighted by Gasteiger charge is -2.03. The average Bonchev–Trinajstić information content (AvgIpc) is 2.54. The molecule has 0 saturated heterocycles. The van der Waals surface area contributed by atoms with Crippen LogP contribution in [0, 0.1) is 0 Å².